The quantitative estimate of drug-likeness (QED) is 0.619. The van der Waals surface area contributed by atoms with Gasteiger partial charge >= 0.3 is 0 Å². The Morgan fingerprint density at radius 2 is 2.08 bits per heavy atom. The highest BCUT2D eigenvalue weighted by atomic mass is 35.5. The number of nitrogens with zero attached hydrogens (tertiary/aromatic N) is 1. The van der Waals surface area contributed by atoms with Crippen molar-refractivity contribution in [3.8, 4) is 0 Å². The van der Waals surface area contributed by atoms with Gasteiger partial charge in [0.25, 0.3) is 0 Å². The molecule has 7 N–H and O–H groups in total. The minimum atomic E-state index is 0.128. The molecule has 1 unspecified atom stereocenters. The van der Waals surface area contributed by atoms with Gasteiger partial charge in [0, 0.05) is 23.8 Å². The number of rotatable bonds is 3. The van der Waals surface area contributed by atoms with Crippen LogP contribution in [-0.2, 0) is 4.79 Å². The van der Waals surface area contributed by atoms with E-state index in [-0.39, 0.29) is 12.5 Å². The lowest BCUT2D eigenvalue weighted by atomic mass is 10.0. The maximum atomic E-state index is 8.58. The van der Waals surface area contributed by atoms with Crippen LogP contribution in [0.4, 0.5) is 0 Å². The van der Waals surface area contributed by atoms with Crippen molar-refractivity contribution >= 4 is 18.0 Å². The third-order valence-electron chi connectivity index (χ3n) is 3.69. The number of carbonyl (C=O) groups excluding carboxylic acids is 1. The fourth-order valence-corrected chi connectivity index (χ4v) is 2.88. The zero-order chi connectivity index (χ0) is 18.3. The number of nitrogens with two attached hydrogens (primary N) is 3. The fraction of sp³-hybridized carbons (Fsp3) is 0.353. The molecule has 0 fully saturated rings. The van der Waals surface area contributed by atoms with Crippen molar-refractivity contribution in [1.29, 1.82) is 0 Å². The molecule has 0 saturated carbocycles. The summed E-state index contributed by atoms with van der Waals surface area (Å²) in [4.78, 5) is 10.8. The second-order valence-electron chi connectivity index (χ2n) is 5.64. The summed E-state index contributed by atoms with van der Waals surface area (Å²) in [6, 6.07) is 6.22. The number of aryl methyl sites for hydroxylation is 1. The van der Waals surface area contributed by atoms with Gasteiger partial charge in [-0.1, -0.05) is 29.3 Å². The average Bonchev–Trinajstić information content (AvgIpc) is 2.51. The van der Waals surface area contributed by atoms with Crippen molar-refractivity contribution in [2.45, 2.75) is 26.8 Å². The molecule has 0 saturated heterocycles. The van der Waals surface area contributed by atoms with Gasteiger partial charge in [0.1, 0.15) is 5.82 Å². The Morgan fingerprint density at radius 1 is 1.46 bits per heavy atom. The number of primary amides is 1. The summed E-state index contributed by atoms with van der Waals surface area (Å²) in [6.07, 6.45) is 2.15. The van der Waals surface area contributed by atoms with Gasteiger partial charge in [0.15, 0.2) is 0 Å². The van der Waals surface area contributed by atoms with Crippen LogP contribution in [0, 0.1) is 6.92 Å². The SMILES string of the molecule is C/C(N)=C/C1=C(N)NCCN1C(C)c1cc(C)ccc1Cl.NC=O. The molecule has 7 heteroatoms. The number of allylic oxidation sites excluding steroid dienone is 2. The number of hydrogen-bond acceptors (Lipinski definition) is 5. The largest absolute Gasteiger partial charge is 0.402 e. The van der Waals surface area contributed by atoms with Crippen LogP contribution in [-0.4, -0.2) is 24.4 Å². The summed E-state index contributed by atoms with van der Waals surface area (Å²) in [6.45, 7) is 7.72. The van der Waals surface area contributed by atoms with E-state index in [1.165, 1.54) is 5.56 Å². The highest BCUT2D eigenvalue weighted by Crippen LogP contribution is 2.32. The lowest BCUT2D eigenvalue weighted by molar-refractivity contribution is -0.106. The smallest absolute Gasteiger partial charge is 0.204 e. The molecule has 6 nitrogen and oxygen atoms in total. The summed E-state index contributed by atoms with van der Waals surface area (Å²) >= 11 is 6.37. The van der Waals surface area contributed by atoms with Gasteiger partial charge in [-0.15, -0.1) is 0 Å². The molecule has 1 heterocycles. The Balaban J connectivity index is 0.000000891. The molecule has 1 aliphatic heterocycles. The normalized spacial score (nSPS) is 16.0. The molecule has 1 aliphatic rings. The van der Waals surface area contributed by atoms with E-state index in [2.05, 4.69) is 35.9 Å². The molecule has 1 aromatic rings. The Hall–Kier alpha value is -2.34. The second-order valence-corrected chi connectivity index (χ2v) is 6.05. The van der Waals surface area contributed by atoms with Crippen LogP contribution in [0.2, 0.25) is 5.02 Å². The Labute approximate surface area is 148 Å². The average molecular weight is 352 g/mol. The first kappa shape index (κ1) is 19.7. The highest BCUT2D eigenvalue weighted by Gasteiger charge is 2.24. The van der Waals surface area contributed by atoms with E-state index in [1.54, 1.807) is 0 Å². The summed E-state index contributed by atoms with van der Waals surface area (Å²) in [5.74, 6) is 0.654. The molecule has 24 heavy (non-hydrogen) atoms. The third-order valence-corrected chi connectivity index (χ3v) is 4.03. The lowest BCUT2D eigenvalue weighted by Gasteiger charge is -2.37. The number of hydrogen-bond donors (Lipinski definition) is 4. The minimum Gasteiger partial charge on any atom is -0.402 e. The molecule has 1 aromatic carbocycles. The van der Waals surface area contributed by atoms with Crippen molar-refractivity contribution in [2.24, 2.45) is 17.2 Å². The van der Waals surface area contributed by atoms with Gasteiger partial charge in [-0.25, -0.2) is 0 Å². The first-order chi connectivity index (χ1) is 11.3. The van der Waals surface area contributed by atoms with Gasteiger partial charge in [-0.05, 0) is 38.5 Å². The monoisotopic (exact) mass is 351 g/mol. The van der Waals surface area contributed by atoms with Crippen LogP contribution in [0.3, 0.4) is 0 Å². The van der Waals surface area contributed by atoms with Crippen molar-refractivity contribution in [3.05, 3.63) is 57.6 Å². The first-order valence-corrected chi connectivity index (χ1v) is 8.05. The number of amides is 1. The van der Waals surface area contributed by atoms with Crippen molar-refractivity contribution < 1.29 is 4.79 Å². The van der Waals surface area contributed by atoms with Gasteiger partial charge < -0.3 is 27.4 Å². The molecule has 0 spiro atoms. The number of benzene rings is 1. The lowest BCUT2D eigenvalue weighted by Crippen LogP contribution is -2.42. The van der Waals surface area contributed by atoms with Crippen molar-refractivity contribution in [2.75, 3.05) is 13.1 Å². The minimum absolute atomic E-state index is 0.128. The summed E-state index contributed by atoms with van der Waals surface area (Å²) in [7, 11) is 0. The van der Waals surface area contributed by atoms with Crippen LogP contribution in [0.1, 0.15) is 31.0 Å². The van der Waals surface area contributed by atoms with Gasteiger partial charge in [0.2, 0.25) is 6.41 Å². The Kier molecular flexibility index (Phi) is 7.45. The maximum Gasteiger partial charge on any atom is 0.204 e. The molecule has 0 aliphatic carbocycles. The van der Waals surface area contributed by atoms with E-state index in [4.69, 9.17) is 27.9 Å². The molecule has 0 radical (unpaired) electrons. The second kappa shape index (κ2) is 9.08. The molecule has 1 atom stereocenters. The third kappa shape index (κ3) is 5.09. The number of halogens is 1. The van der Waals surface area contributed by atoms with E-state index in [1.807, 2.05) is 25.1 Å². The topological polar surface area (TPSA) is 110 Å². The van der Waals surface area contributed by atoms with Crippen molar-refractivity contribution in [3.63, 3.8) is 0 Å². The van der Waals surface area contributed by atoms with Crippen LogP contribution in [0.15, 0.2) is 41.5 Å². The highest BCUT2D eigenvalue weighted by molar-refractivity contribution is 6.31. The molecule has 0 aromatic heterocycles. The molecular weight excluding hydrogens is 326 g/mol. The summed E-state index contributed by atoms with van der Waals surface area (Å²) < 4.78 is 0. The zero-order valence-electron chi connectivity index (χ0n) is 14.3. The zero-order valence-corrected chi connectivity index (χ0v) is 15.1. The van der Waals surface area contributed by atoms with Gasteiger partial charge in [-0.2, -0.15) is 0 Å². The van der Waals surface area contributed by atoms with E-state index in [0.29, 0.717) is 5.82 Å². The van der Waals surface area contributed by atoms with Gasteiger partial charge in [0.05, 0.1) is 11.7 Å². The van der Waals surface area contributed by atoms with E-state index >= 15 is 0 Å². The number of nitrogens with one attached hydrogen (secondary N) is 1. The predicted octanol–water partition coefficient (Wildman–Crippen LogP) is 1.71. The molecule has 1 amide bonds. The van der Waals surface area contributed by atoms with Crippen LogP contribution in [0.25, 0.3) is 0 Å². The Morgan fingerprint density at radius 3 is 2.67 bits per heavy atom. The number of carbonyl (C=O) groups is 1. The molecule has 0 bridgehead atoms. The Bertz CT molecular complexity index is 638. The van der Waals surface area contributed by atoms with Gasteiger partial charge in [-0.3, -0.25) is 4.79 Å². The summed E-state index contributed by atoms with van der Waals surface area (Å²) in [5.41, 5.74) is 20.0. The van der Waals surface area contributed by atoms with E-state index in [9.17, 15) is 0 Å². The van der Waals surface area contributed by atoms with Crippen molar-refractivity contribution in [1.82, 2.24) is 10.2 Å². The summed E-state index contributed by atoms with van der Waals surface area (Å²) in [5, 5.41) is 3.96. The maximum absolute atomic E-state index is 8.58. The van der Waals surface area contributed by atoms with Crippen LogP contribution < -0.4 is 22.5 Å². The first-order valence-electron chi connectivity index (χ1n) is 7.67. The van der Waals surface area contributed by atoms with Crippen LogP contribution >= 0.6 is 11.6 Å². The van der Waals surface area contributed by atoms with Crippen LogP contribution in [0.5, 0.6) is 0 Å². The standard InChI is InChI=1S/C16H23ClN4.CH3NO/c1-10-4-5-14(17)13(8-10)12(3)21-7-6-20-16(19)15(21)9-11(2)18;2-1-3/h4-5,8-9,12,20H,6-7,18-19H2,1-3H3;1H,(H2,2,3)/b11-9-;. The molecular formula is C17H26ClN5O. The van der Waals surface area contributed by atoms with E-state index in [0.717, 1.165) is 35.1 Å². The predicted molar refractivity (Wildman–Crippen MR) is 98.7 cm³/mol. The molecule has 132 valence electrons. The fourth-order valence-electron chi connectivity index (χ4n) is 2.61. The van der Waals surface area contributed by atoms with E-state index < -0.39 is 0 Å². The molecule has 2 rings (SSSR count).